The van der Waals surface area contributed by atoms with Crippen LogP contribution in [-0.4, -0.2) is 28.3 Å². The zero-order chi connectivity index (χ0) is 21.9. The minimum atomic E-state index is -3.78. The van der Waals surface area contributed by atoms with Crippen LogP contribution in [0.1, 0.15) is 36.7 Å². The van der Waals surface area contributed by atoms with E-state index in [1.807, 2.05) is 28.8 Å². The normalized spacial score (nSPS) is 12.1. The summed E-state index contributed by atoms with van der Waals surface area (Å²) in [5.41, 5.74) is 1.32. The van der Waals surface area contributed by atoms with Crippen molar-refractivity contribution < 1.29 is 12.9 Å². The maximum atomic E-state index is 12.7. The van der Waals surface area contributed by atoms with Crippen molar-refractivity contribution in [2.45, 2.75) is 56.6 Å². The third-order valence-electron chi connectivity index (χ3n) is 4.31. The molecule has 0 aliphatic carbocycles. The zero-order valence-electron chi connectivity index (χ0n) is 17.2. The molecule has 3 rings (SSSR count). The number of aryl methyl sites for hydroxylation is 2. The number of nitrogens with one attached hydrogen (secondary N) is 1. The Morgan fingerprint density at radius 1 is 1.23 bits per heavy atom. The fraction of sp³-hybridized carbons (Fsp3) is 0.421. The number of thioether (sulfide) groups is 1. The molecule has 0 saturated heterocycles. The fourth-order valence-corrected chi connectivity index (χ4v) is 5.51. The Morgan fingerprint density at radius 2 is 1.97 bits per heavy atom. The summed E-state index contributed by atoms with van der Waals surface area (Å²) in [4.78, 5) is 0.0609. The van der Waals surface area contributed by atoms with Gasteiger partial charge in [-0.3, -0.25) is 0 Å². The predicted octanol–water partition coefficient (Wildman–Crippen LogP) is 3.96. The van der Waals surface area contributed by atoms with Crippen molar-refractivity contribution in [1.82, 2.24) is 24.6 Å². The van der Waals surface area contributed by atoms with Crippen LogP contribution in [0.5, 0.6) is 0 Å². The van der Waals surface area contributed by atoms with E-state index in [0.29, 0.717) is 34.8 Å². The van der Waals surface area contributed by atoms with Gasteiger partial charge in [0.25, 0.3) is 0 Å². The topological polar surface area (TPSA) is 103 Å². The van der Waals surface area contributed by atoms with Gasteiger partial charge >= 0.3 is 0 Å². The molecule has 3 aromatic rings. The van der Waals surface area contributed by atoms with E-state index in [1.54, 1.807) is 13.8 Å². The van der Waals surface area contributed by atoms with E-state index in [2.05, 4.69) is 33.9 Å². The Labute approximate surface area is 185 Å². The molecule has 1 aromatic carbocycles. The highest BCUT2D eigenvalue weighted by Crippen LogP contribution is 2.27. The molecule has 0 fully saturated rings. The smallest absolute Gasteiger partial charge is 0.246 e. The van der Waals surface area contributed by atoms with Gasteiger partial charge in [-0.15, -0.1) is 10.2 Å². The minimum Gasteiger partial charge on any atom is -0.360 e. The van der Waals surface area contributed by atoms with E-state index in [-0.39, 0.29) is 17.2 Å². The lowest BCUT2D eigenvalue weighted by molar-refractivity contribution is 0.390. The highest BCUT2D eigenvalue weighted by Gasteiger charge is 2.25. The van der Waals surface area contributed by atoms with Gasteiger partial charge in [0.2, 0.25) is 10.0 Å². The van der Waals surface area contributed by atoms with Gasteiger partial charge in [0.05, 0.1) is 6.54 Å². The zero-order valence-corrected chi connectivity index (χ0v) is 19.6. The molecule has 0 amide bonds. The van der Waals surface area contributed by atoms with Gasteiger partial charge in [-0.2, -0.15) is 0 Å². The second-order valence-electron chi connectivity index (χ2n) is 7.26. The second kappa shape index (κ2) is 9.51. The van der Waals surface area contributed by atoms with E-state index in [0.717, 1.165) is 10.7 Å². The summed E-state index contributed by atoms with van der Waals surface area (Å²) < 4.78 is 34.9. The van der Waals surface area contributed by atoms with Crippen molar-refractivity contribution in [2.24, 2.45) is 5.92 Å². The molecule has 11 heteroatoms. The van der Waals surface area contributed by atoms with Gasteiger partial charge in [0.15, 0.2) is 10.9 Å². The summed E-state index contributed by atoms with van der Waals surface area (Å²) in [5, 5.41) is 13.6. The molecule has 0 aliphatic rings. The second-order valence-corrected chi connectivity index (χ2v) is 10.3. The molecule has 0 unspecified atom stereocenters. The summed E-state index contributed by atoms with van der Waals surface area (Å²) in [7, 11) is -3.78. The standard InChI is InChI=1S/C19H24ClN5O3S2/c1-12(2)10-25-17(9-21-30(26,27)18-13(3)24-28-14(18)4)22-23-19(25)29-11-15-7-5-6-8-16(15)20/h5-8,12,21H,9-11H2,1-4H3. The Balaban J connectivity index is 1.79. The van der Waals surface area contributed by atoms with Gasteiger partial charge in [-0.25, -0.2) is 13.1 Å². The number of sulfonamides is 1. The van der Waals surface area contributed by atoms with Crippen molar-refractivity contribution in [3.05, 3.63) is 52.1 Å². The molecule has 30 heavy (non-hydrogen) atoms. The highest BCUT2D eigenvalue weighted by molar-refractivity contribution is 7.98. The number of benzene rings is 1. The average Bonchev–Trinajstić information content (AvgIpc) is 3.22. The third-order valence-corrected chi connectivity index (χ3v) is 7.34. The van der Waals surface area contributed by atoms with E-state index in [9.17, 15) is 8.42 Å². The van der Waals surface area contributed by atoms with Crippen LogP contribution in [0.25, 0.3) is 0 Å². The van der Waals surface area contributed by atoms with Crippen LogP contribution in [0.4, 0.5) is 0 Å². The number of aromatic nitrogens is 4. The SMILES string of the molecule is Cc1noc(C)c1S(=O)(=O)NCc1nnc(SCc2ccccc2Cl)n1CC(C)C. The minimum absolute atomic E-state index is 0.0127. The van der Waals surface area contributed by atoms with E-state index in [4.69, 9.17) is 16.1 Å². The quantitative estimate of drug-likeness (QED) is 0.473. The van der Waals surface area contributed by atoms with Crippen molar-refractivity contribution >= 4 is 33.4 Å². The van der Waals surface area contributed by atoms with Crippen LogP contribution >= 0.6 is 23.4 Å². The lowest BCUT2D eigenvalue weighted by atomic mass is 10.2. The molecule has 1 N–H and O–H groups in total. The maximum Gasteiger partial charge on any atom is 0.246 e. The lowest BCUT2D eigenvalue weighted by Crippen LogP contribution is -2.26. The molecule has 8 nitrogen and oxygen atoms in total. The van der Waals surface area contributed by atoms with Crippen LogP contribution in [-0.2, 0) is 28.9 Å². The maximum absolute atomic E-state index is 12.7. The van der Waals surface area contributed by atoms with Gasteiger partial charge in [0, 0.05) is 17.3 Å². The number of hydrogen-bond donors (Lipinski definition) is 1. The van der Waals surface area contributed by atoms with Gasteiger partial charge in [-0.1, -0.05) is 60.6 Å². The van der Waals surface area contributed by atoms with Crippen molar-refractivity contribution in [1.29, 1.82) is 0 Å². The molecule has 0 saturated carbocycles. The Hall–Kier alpha value is -1.88. The summed E-state index contributed by atoms with van der Waals surface area (Å²) >= 11 is 7.76. The average molecular weight is 470 g/mol. The lowest BCUT2D eigenvalue weighted by Gasteiger charge is -2.13. The molecule has 162 valence electrons. The van der Waals surface area contributed by atoms with Crippen LogP contribution in [0.15, 0.2) is 38.8 Å². The van der Waals surface area contributed by atoms with Gasteiger partial charge < -0.3 is 9.09 Å². The first-order valence-electron chi connectivity index (χ1n) is 9.40. The van der Waals surface area contributed by atoms with Gasteiger partial charge in [-0.05, 0) is 31.4 Å². The van der Waals surface area contributed by atoms with Gasteiger partial charge in [0.1, 0.15) is 16.4 Å². The molecule has 0 bridgehead atoms. The first-order chi connectivity index (χ1) is 14.2. The highest BCUT2D eigenvalue weighted by atomic mass is 35.5. The van der Waals surface area contributed by atoms with Crippen molar-refractivity contribution in [3.63, 3.8) is 0 Å². The molecule has 0 radical (unpaired) electrons. The summed E-state index contributed by atoms with van der Waals surface area (Å²) in [6.45, 7) is 8.01. The summed E-state index contributed by atoms with van der Waals surface area (Å²) in [6.07, 6.45) is 0. The molecule has 2 heterocycles. The van der Waals surface area contributed by atoms with E-state index < -0.39 is 10.0 Å². The van der Waals surface area contributed by atoms with Crippen molar-refractivity contribution in [3.8, 4) is 0 Å². The molecular weight excluding hydrogens is 446 g/mol. The van der Waals surface area contributed by atoms with Crippen LogP contribution < -0.4 is 4.72 Å². The first-order valence-corrected chi connectivity index (χ1v) is 12.2. The summed E-state index contributed by atoms with van der Waals surface area (Å²) in [5.74, 6) is 1.76. The molecule has 0 aliphatic heterocycles. The third kappa shape index (κ3) is 5.23. The monoisotopic (exact) mass is 469 g/mol. The van der Waals surface area contributed by atoms with E-state index in [1.165, 1.54) is 11.8 Å². The van der Waals surface area contributed by atoms with Crippen LogP contribution in [0.2, 0.25) is 5.02 Å². The summed E-state index contributed by atoms with van der Waals surface area (Å²) in [6, 6.07) is 7.65. The molecular formula is C19H24ClN5O3S2. The number of hydrogen-bond acceptors (Lipinski definition) is 7. The Kier molecular flexibility index (Phi) is 7.22. The number of halogens is 1. The Morgan fingerprint density at radius 3 is 2.60 bits per heavy atom. The van der Waals surface area contributed by atoms with Crippen LogP contribution in [0, 0.1) is 19.8 Å². The molecule has 2 aromatic heterocycles. The molecule has 0 atom stereocenters. The van der Waals surface area contributed by atoms with E-state index >= 15 is 0 Å². The van der Waals surface area contributed by atoms with Crippen molar-refractivity contribution in [2.75, 3.05) is 0 Å². The number of rotatable bonds is 9. The Bertz CT molecular complexity index is 1110. The number of nitrogens with zero attached hydrogens (tertiary/aromatic N) is 4. The molecule has 0 spiro atoms. The predicted molar refractivity (Wildman–Crippen MR) is 116 cm³/mol. The largest absolute Gasteiger partial charge is 0.360 e. The first kappa shape index (κ1) is 22.8. The fourth-order valence-electron chi connectivity index (χ4n) is 2.95. The van der Waals surface area contributed by atoms with Crippen LogP contribution in [0.3, 0.4) is 0 Å².